The van der Waals surface area contributed by atoms with E-state index in [1.807, 2.05) is 24.3 Å². The molecule has 3 amide bonds. The average Bonchev–Trinajstić information content (AvgIpc) is 3.65. The van der Waals surface area contributed by atoms with E-state index < -0.39 is 29.3 Å². The third kappa shape index (κ3) is 14.3. The molecule has 1 aliphatic rings. The number of ether oxygens (including phenoxy) is 3. The summed E-state index contributed by atoms with van der Waals surface area (Å²) in [4.78, 5) is 66.2. The van der Waals surface area contributed by atoms with E-state index in [-0.39, 0.29) is 48.1 Å². The molecule has 20 nitrogen and oxygen atoms in total. The Bertz CT molecular complexity index is 2390. The number of rotatable bonds is 24. The molecule has 0 spiro atoms. The number of para-hydroxylation sites is 2. The van der Waals surface area contributed by atoms with Gasteiger partial charge in [0.05, 0.1) is 67.4 Å². The van der Waals surface area contributed by atoms with Crippen LogP contribution in [0.1, 0.15) is 56.9 Å². The fourth-order valence-electron chi connectivity index (χ4n) is 6.89. The Hall–Kier alpha value is -6.33. The number of carboxylic acids is 1. The van der Waals surface area contributed by atoms with Crippen molar-refractivity contribution >= 4 is 57.1 Å². The second-order valence-electron chi connectivity index (χ2n) is 15.0. The number of H-pyrrole nitrogens is 1. The minimum absolute atomic E-state index is 0.0126. The maximum atomic E-state index is 13.5. The van der Waals surface area contributed by atoms with Crippen LogP contribution >= 0.6 is 10.9 Å². The highest BCUT2D eigenvalue weighted by molar-refractivity contribution is 8.19. The number of carboxylic acid groups (broad SMARTS) is 1. The first kappa shape index (κ1) is 48.1. The predicted molar refractivity (Wildman–Crippen MR) is 240 cm³/mol. The molecule has 3 aromatic carbocycles. The first-order valence-electron chi connectivity index (χ1n) is 20.9. The van der Waals surface area contributed by atoms with Crippen molar-refractivity contribution in [2.45, 2.75) is 49.8 Å². The van der Waals surface area contributed by atoms with Gasteiger partial charge in [-0.25, -0.2) is 9.97 Å². The van der Waals surface area contributed by atoms with Crippen molar-refractivity contribution < 1.29 is 52.2 Å². The van der Waals surface area contributed by atoms with Crippen LogP contribution in [0.25, 0.3) is 11.0 Å². The van der Waals surface area contributed by atoms with Gasteiger partial charge >= 0.3 is 5.97 Å². The highest BCUT2D eigenvalue weighted by atomic mass is 32.3. The van der Waals surface area contributed by atoms with Crippen molar-refractivity contribution in [2.75, 3.05) is 65.1 Å². The molecule has 0 aliphatic carbocycles. The molecule has 3 heterocycles. The summed E-state index contributed by atoms with van der Waals surface area (Å²) in [6.07, 6.45) is 2.05. The molecule has 1 aliphatic heterocycles. The number of benzene rings is 3. The number of aromatic nitrogens is 3. The number of carbonyl (C=O) groups excluding carboxylic acids is 3. The number of amides is 3. The molecule has 21 heteroatoms. The molecule has 7 N–H and O–H groups in total. The first-order chi connectivity index (χ1) is 31.4. The zero-order valence-corrected chi connectivity index (χ0v) is 36.6. The van der Waals surface area contributed by atoms with E-state index in [1.165, 1.54) is 18.3 Å². The summed E-state index contributed by atoms with van der Waals surface area (Å²) in [5.74, 6) is -1.09. The quantitative estimate of drug-likeness (QED) is 0.0278. The third-order valence-corrected chi connectivity index (χ3v) is 11.1. The van der Waals surface area contributed by atoms with Crippen molar-refractivity contribution in [2.24, 2.45) is 10.2 Å². The Morgan fingerprint density at radius 2 is 1.62 bits per heavy atom. The summed E-state index contributed by atoms with van der Waals surface area (Å²) in [5.41, 5.74) is 4.16. The second kappa shape index (κ2) is 23.6. The maximum Gasteiger partial charge on any atom is 0.305 e. The molecule has 346 valence electrons. The Morgan fingerprint density at radius 3 is 2.34 bits per heavy atom. The molecule has 65 heavy (non-hydrogen) atoms. The summed E-state index contributed by atoms with van der Waals surface area (Å²) in [5, 5.41) is 23.4. The lowest BCUT2D eigenvalue weighted by atomic mass is 10.1. The van der Waals surface area contributed by atoms with Crippen LogP contribution in [0.4, 0.5) is 11.5 Å². The molecular formula is C44H53N9O11S. The van der Waals surface area contributed by atoms with Crippen molar-refractivity contribution in [3.05, 3.63) is 113 Å². The Kier molecular flexibility index (Phi) is 17.4. The monoisotopic (exact) mass is 915 g/mol. The van der Waals surface area contributed by atoms with Crippen LogP contribution in [0.5, 0.6) is 0 Å². The van der Waals surface area contributed by atoms with E-state index in [1.54, 1.807) is 59.3 Å². The SMILES string of the molecule is CN(Cc1nc2ccccc2[nH]1)C(=O)c1ccc2c(c1)CN(CCCOCCOCCOCCCNC(=O)c1ccc(N=NCc3ccccc3S(O)(O)O)nc1)C(=O)[C@H](CC(=O)O)N2. The Morgan fingerprint density at radius 1 is 0.908 bits per heavy atom. The molecular weight excluding hydrogens is 863 g/mol. The lowest BCUT2D eigenvalue weighted by Gasteiger charge is -2.24. The van der Waals surface area contributed by atoms with Gasteiger partial charge in [-0.3, -0.25) is 19.2 Å². The first-order valence-corrected chi connectivity index (χ1v) is 22.4. The largest absolute Gasteiger partial charge is 0.481 e. The number of imidazole rings is 1. The van der Waals surface area contributed by atoms with Crippen LogP contribution in [-0.4, -0.2) is 133 Å². The molecule has 2 aromatic heterocycles. The molecule has 0 saturated heterocycles. The number of aromatic amines is 1. The summed E-state index contributed by atoms with van der Waals surface area (Å²) < 4.78 is 45.7. The smallest absolute Gasteiger partial charge is 0.305 e. The number of nitrogens with zero attached hydrogens (tertiary/aromatic N) is 6. The van der Waals surface area contributed by atoms with E-state index in [0.29, 0.717) is 99.3 Å². The number of azo groups is 1. The number of anilines is 1. The number of carbonyl (C=O) groups is 4. The topological polar surface area (TPSA) is 274 Å². The summed E-state index contributed by atoms with van der Waals surface area (Å²) in [7, 11) is -2.20. The van der Waals surface area contributed by atoms with E-state index >= 15 is 0 Å². The summed E-state index contributed by atoms with van der Waals surface area (Å²) in [6.45, 7) is 3.26. The van der Waals surface area contributed by atoms with Crippen LogP contribution in [-0.2, 0) is 43.4 Å². The zero-order valence-electron chi connectivity index (χ0n) is 35.8. The molecule has 6 rings (SSSR count). The summed E-state index contributed by atoms with van der Waals surface area (Å²) in [6, 6.07) is 21.1. The molecule has 0 unspecified atom stereocenters. The number of hydrogen-bond acceptors (Lipinski definition) is 15. The van der Waals surface area contributed by atoms with Gasteiger partial charge in [-0.15, -0.1) is 5.11 Å². The molecule has 0 bridgehead atoms. The minimum Gasteiger partial charge on any atom is -0.481 e. The van der Waals surface area contributed by atoms with Crippen LogP contribution in [0.15, 0.2) is 100 Å². The van der Waals surface area contributed by atoms with Gasteiger partial charge < -0.3 is 58.4 Å². The number of aliphatic carboxylic acids is 1. The molecule has 5 aromatic rings. The van der Waals surface area contributed by atoms with E-state index in [2.05, 4.69) is 35.8 Å². The maximum absolute atomic E-state index is 13.5. The Balaban J connectivity index is 0.831. The number of pyridine rings is 1. The van der Waals surface area contributed by atoms with Gasteiger partial charge in [0.25, 0.3) is 11.8 Å². The number of nitrogens with one attached hydrogen (secondary N) is 3. The Labute approximate surface area is 376 Å². The zero-order chi connectivity index (χ0) is 46.2. The van der Waals surface area contributed by atoms with E-state index in [9.17, 15) is 37.9 Å². The highest BCUT2D eigenvalue weighted by Gasteiger charge is 2.31. The lowest BCUT2D eigenvalue weighted by Crippen LogP contribution is -2.42. The molecule has 1 atom stereocenters. The standard InChI is InChI=1S/C44H53N9O11S/c1-52(29-40-49-35-9-3-4-10-36(35)50-40)43(57)30-12-14-34-33(24-30)28-53(44(58)37(48-34)25-41(54)55)17-7-19-63-21-23-64-22-20-62-18-6-16-45-42(56)32-13-15-39(46-26-32)51-47-27-31-8-2-5-11-38(31)65(59,60)61/h2-5,8-15,24,26,37,48,59-61H,6-7,16-23,25,27-29H2,1H3,(H,45,56)(H,49,50)(H,54,55)/t37-/m0/s1. The van der Waals surface area contributed by atoms with Gasteiger partial charge in [-0.2, -0.15) is 5.11 Å². The van der Waals surface area contributed by atoms with Gasteiger partial charge in [-0.05, 0) is 72.5 Å². The van der Waals surface area contributed by atoms with Crippen molar-refractivity contribution in [3.63, 3.8) is 0 Å². The van der Waals surface area contributed by atoms with Crippen molar-refractivity contribution in [3.8, 4) is 0 Å². The lowest BCUT2D eigenvalue weighted by molar-refractivity contribution is -0.141. The number of fused-ring (bicyclic) bond motifs is 2. The second-order valence-corrected chi connectivity index (χ2v) is 16.5. The van der Waals surface area contributed by atoms with Gasteiger partial charge in [0.2, 0.25) is 5.91 Å². The van der Waals surface area contributed by atoms with Crippen LogP contribution in [0.2, 0.25) is 0 Å². The minimum atomic E-state index is -3.89. The van der Waals surface area contributed by atoms with Crippen LogP contribution in [0.3, 0.4) is 0 Å². The van der Waals surface area contributed by atoms with E-state index in [4.69, 9.17) is 14.2 Å². The summed E-state index contributed by atoms with van der Waals surface area (Å²) >= 11 is 0. The predicted octanol–water partition coefficient (Wildman–Crippen LogP) is 5.95. The highest BCUT2D eigenvalue weighted by Crippen LogP contribution is 2.45. The van der Waals surface area contributed by atoms with Gasteiger partial charge in [0, 0.05) is 57.3 Å². The van der Waals surface area contributed by atoms with Gasteiger partial charge in [0.15, 0.2) is 5.82 Å². The normalized spacial score (nSPS) is 14.2. The fraction of sp³-hybridized carbons (Fsp3) is 0.364. The van der Waals surface area contributed by atoms with E-state index in [0.717, 1.165) is 11.0 Å². The molecule has 0 saturated carbocycles. The number of hydrogen-bond donors (Lipinski definition) is 7. The van der Waals surface area contributed by atoms with Crippen LogP contribution in [0, 0.1) is 0 Å². The van der Waals surface area contributed by atoms with Gasteiger partial charge in [0.1, 0.15) is 22.7 Å². The van der Waals surface area contributed by atoms with Crippen molar-refractivity contribution in [1.82, 2.24) is 30.1 Å². The van der Waals surface area contributed by atoms with Gasteiger partial charge in [-0.1, -0.05) is 30.3 Å². The average molecular weight is 916 g/mol. The molecule has 0 radical (unpaired) electrons. The van der Waals surface area contributed by atoms with Crippen LogP contribution < -0.4 is 10.6 Å². The third-order valence-electron chi connectivity index (χ3n) is 10.1. The van der Waals surface area contributed by atoms with Crippen molar-refractivity contribution in [1.29, 1.82) is 0 Å². The fourth-order valence-corrected chi connectivity index (χ4v) is 7.64. The molecule has 0 fully saturated rings.